The van der Waals surface area contributed by atoms with Crippen LogP contribution in [0.4, 0.5) is 26.3 Å². The second-order valence-electron chi connectivity index (χ2n) is 18.5. The monoisotopic (exact) mass is 1010 g/mol. The summed E-state index contributed by atoms with van der Waals surface area (Å²) in [5, 5.41) is 3.76. The Kier molecular flexibility index (Phi) is 11.7. The number of hydrogen-bond acceptors (Lipinski definition) is 11. The Bertz CT molecular complexity index is 3750. The van der Waals surface area contributed by atoms with Gasteiger partial charge in [-0.25, -0.2) is 39.6 Å². The first-order valence-electron chi connectivity index (χ1n) is 23.4. The SMILES string of the molecule is COc1ncnc(C2CC2Cn2cnc3c(-c4ccccc4C(C)C)nc(Oc4ccc(-c5nc(C(F)(F)F)cn5C)cc4)cc32)c1-c1nc(Oc2ccc(-n3nc(C(F)(F)F)cc3C)cc2)cc2c1ncn2C. The van der Waals surface area contributed by atoms with Crippen molar-refractivity contribution >= 4 is 22.1 Å². The van der Waals surface area contributed by atoms with Crippen LogP contribution in [0.3, 0.4) is 0 Å². The Labute approximate surface area is 418 Å². The molecular formula is C53H44F6N12O3. The third-order valence-electron chi connectivity index (χ3n) is 13.1. The first kappa shape index (κ1) is 47.7. The van der Waals surface area contributed by atoms with Crippen molar-refractivity contribution in [3.63, 3.8) is 0 Å². The lowest BCUT2D eigenvalue weighted by Gasteiger charge is -2.15. The molecule has 74 heavy (non-hydrogen) atoms. The number of aromatic nitrogens is 12. The van der Waals surface area contributed by atoms with Crippen molar-refractivity contribution in [2.45, 2.75) is 57.9 Å². The van der Waals surface area contributed by atoms with Crippen LogP contribution in [0.2, 0.25) is 0 Å². The number of fused-ring (bicyclic) bond motifs is 2. The highest BCUT2D eigenvalue weighted by molar-refractivity contribution is 5.93. The average Bonchev–Trinajstić information content (AvgIpc) is 3.68. The van der Waals surface area contributed by atoms with Crippen molar-refractivity contribution in [3.8, 4) is 68.7 Å². The van der Waals surface area contributed by atoms with Crippen LogP contribution in [0, 0.1) is 12.8 Å². The molecule has 1 aliphatic carbocycles. The summed E-state index contributed by atoms with van der Waals surface area (Å²) in [6.07, 6.45) is -2.51. The predicted octanol–water partition coefficient (Wildman–Crippen LogP) is 12.3. The van der Waals surface area contributed by atoms with Crippen molar-refractivity contribution in [2.24, 2.45) is 20.0 Å². The highest BCUT2D eigenvalue weighted by atomic mass is 19.4. The van der Waals surface area contributed by atoms with Crippen LogP contribution in [0.5, 0.6) is 29.1 Å². The molecule has 0 amide bonds. The maximum Gasteiger partial charge on any atom is 0.435 e. The van der Waals surface area contributed by atoms with E-state index in [1.165, 1.54) is 29.7 Å². The Morgan fingerprint density at radius 2 is 1.35 bits per heavy atom. The number of hydrogen-bond donors (Lipinski definition) is 0. The molecule has 2 atom stereocenters. The van der Waals surface area contributed by atoms with Crippen LogP contribution < -0.4 is 14.2 Å². The molecule has 376 valence electrons. The van der Waals surface area contributed by atoms with Gasteiger partial charge < -0.3 is 27.9 Å². The molecule has 7 aromatic heterocycles. The summed E-state index contributed by atoms with van der Waals surface area (Å²) in [6.45, 7) is 6.32. The molecule has 21 heteroatoms. The van der Waals surface area contributed by atoms with Crippen molar-refractivity contribution in [3.05, 3.63) is 145 Å². The predicted molar refractivity (Wildman–Crippen MR) is 261 cm³/mol. The first-order chi connectivity index (χ1) is 35.4. The average molecular weight is 1010 g/mol. The number of rotatable bonds is 13. The maximum absolute atomic E-state index is 13.5. The fourth-order valence-electron chi connectivity index (χ4n) is 9.36. The summed E-state index contributed by atoms with van der Waals surface area (Å²) < 4.78 is 106. The minimum atomic E-state index is -4.58. The van der Waals surface area contributed by atoms with E-state index < -0.39 is 23.7 Å². The van der Waals surface area contributed by atoms with E-state index in [2.05, 4.69) is 39.5 Å². The second kappa shape index (κ2) is 18.1. The molecule has 0 bridgehead atoms. The molecule has 0 spiro atoms. The maximum atomic E-state index is 13.5. The van der Waals surface area contributed by atoms with Gasteiger partial charge in [0.1, 0.15) is 46.1 Å². The van der Waals surface area contributed by atoms with Crippen molar-refractivity contribution < 1.29 is 40.6 Å². The Hall–Kier alpha value is -8.62. The molecule has 0 saturated heterocycles. The van der Waals surface area contributed by atoms with E-state index in [0.29, 0.717) is 85.9 Å². The molecule has 1 saturated carbocycles. The molecule has 0 aliphatic heterocycles. The number of alkyl halides is 6. The third kappa shape index (κ3) is 8.91. The largest absolute Gasteiger partial charge is 0.480 e. The van der Waals surface area contributed by atoms with Crippen molar-refractivity contribution in [1.82, 2.24) is 58.4 Å². The van der Waals surface area contributed by atoms with Gasteiger partial charge in [0.15, 0.2) is 11.4 Å². The highest BCUT2D eigenvalue weighted by Crippen LogP contribution is 2.53. The van der Waals surface area contributed by atoms with Crippen LogP contribution in [0.25, 0.3) is 61.7 Å². The quantitative estimate of drug-likeness (QED) is 0.102. The van der Waals surface area contributed by atoms with E-state index in [1.807, 2.05) is 35.9 Å². The molecule has 1 aliphatic rings. The lowest BCUT2D eigenvalue weighted by Crippen LogP contribution is -2.07. The summed E-state index contributed by atoms with van der Waals surface area (Å²) in [5.41, 5.74) is 6.30. The van der Waals surface area contributed by atoms with Gasteiger partial charge >= 0.3 is 12.4 Å². The van der Waals surface area contributed by atoms with Crippen molar-refractivity contribution in [2.75, 3.05) is 7.11 Å². The van der Waals surface area contributed by atoms with Crippen LogP contribution in [-0.4, -0.2) is 65.5 Å². The van der Waals surface area contributed by atoms with Gasteiger partial charge in [0, 0.05) is 61.7 Å². The number of ether oxygens (including phenoxy) is 3. The number of imidazole rings is 3. The number of aryl methyl sites for hydroxylation is 3. The highest BCUT2D eigenvalue weighted by Gasteiger charge is 2.43. The molecule has 10 aromatic rings. The minimum absolute atomic E-state index is 0.0659. The van der Waals surface area contributed by atoms with E-state index >= 15 is 0 Å². The molecule has 0 N–H and O–H groups in total. The van der Waals surface area contributed by atoms with Gasteiger partial charge in [0.05, 0.1) is 47.7 Å². The number of halogens is 6. The normalized spacial score (nSPS) is 14.9. The van der Waals surface area contributed by atoms with Crippen LogP contribution in [-0.2, 0) is 33.0 Å². The minimum Gasteiger partial charge on any atom is -0.480 e. The lowest BCUT2D eigenvalue weighted by atomic mass is 9.94. The first-order valence-corrected chi connectivity index (χ1v) is 23.4. The van der Waals surface area contributed by atoms with Gasteiger partial charge in [-0.2, -0.15) is 31.4 Å². The Morgan fingerprint density at radius 1 is 0.703 bits per heavy atom. The molecule has 0 radical (unpaired) electrons. The number of benzene rings is 3. The fraction of sp³-hybridized carbons (Fsp3) is 0.245. The molecular weight excluding hydrogens is 967 g/mol. The van der Waals surface area contributed by atoms with Gasteiger partial charge in [-0.15, -0.1) is 0 Å². The molecule has 15 nitrogen and oxygen atoms in total. The molecule has 11 rings (SSSR count). The van der Waals surface area contributed by atoms with E-state index in [-0.39, 0.29) is 29.5 Å². The van der Waals surface area contributed by atoms with Gasteiger partial charge in [-0.1, -0.05) is 38.1 Å². The summed E-state index contributed by atoms with van der Waals surface area (Å²) >= 11 is 0. The standard InChI is InChI=1S/C53H44F6N12O3/c1-28(2)35-9-7-8-10-36(35)46-48-39(22-43(65-46)73-33-15-11-30(12-16-33)50-64-41(24-68(50)4)53(57,58)59)70(27-63-48)23-31-20-37(31)45-44(51(72-6)61-25-60-45)49-47-38(69(5)26-62-47)21-42(66-49)74-34-17-13-32(14-18-34)71-29(3)19-40(67-71)52(54,55)56/h7-19,21-22,24-28,31,37H,20,23H2,1-6H3. The topological polar surface area (TPSA) is 151 Å². The van der Waals surface area contributed by atoms with Crippen molar-refractivity contribution in [1.29, 1.82) is 0 Å². The van der Waals surface area contributed by atoms with Gasteiger partial charge in [-0.05, 0) is 85.3 Å². The summed E-state index contributed by atoms with van der Waals surface area (Å²) in [6, 6.07) is 25.7. The van der Waals surface area contributed by atoms with E-state index in [9.17, 15) is 26.3 Å². The fourth-order valence-corrected chi connectivity index (χ4v) is 9.36. The third-order valence-corrected chi connectivity index (χ3v) is 13.1. The zero-order valence-corrected chi connectivity index (χ0v) is 40.5. The number of methoxy groups -OCH3 is 1. The van der Waals surface area contributed by atoms with Crippen LogP contribution in [0.1, 0.15) is 60.4 Å². The zero-order chi connectivity index (χ0) is 51.8. The lowest BCUT2D eigenvalue weighted by molar-refractivity contribution is -0.141. The van der Waals surface area contributed by atoms with Gasteiger partial charge in [0.25, 0.3) is 0 Å². The molecule has 7 heterocycles. The molecule has 3 aromatic carbocycles. The second-order valence-corrected chi connectivity index (χ2v) is 18.5. The Morgan fingerprint density at radius 3 is 2.01 bits per heavy atom. The van der Waals surface area contributed by atoms with Crippen LogP contribution >= 0.6 is 0 Å². The van der Waals surface area contributed by atoms with E-state index in [0.717, 1.165) is 35.3 Å². The number of pyridine rings is 2. The molecule has 2 unspecified atom stereocenters. The van der Waals surface area contributed by atoms with Crippen LogP contribution in [0.15, 0.2) is 116 Å². The molecule has 1 fully saturated rings. The number of nitrogens with zero attached hydrogens (tertiary/aromatic N) is 12. The summed E-state index contributed by atoms with van der Waals surface area (Å²) in [4.78, 5) is 32.8. The van der Waals surface area contributed by atoms with Gasteiger partial charge in [-0.3, -0.25) is 0 Å². The summed E-state index contributed by atoms with van der Waals surface area (Å²) in [5.74, 6) is 1.94. The summed E-state index contributed by atoms with van der Waals surface area (Å²) in [7, 11) is 4.89. The van der Waals surface area contributed by atoms with E-state index in [1.54, 1.807) is 74.2 Å². The van der Waals surface area contributed by atoms with E-state index in [4.69, 9.17) is 39.1 Å². The smallest absolute Gasteiger partial charge is 0.435 e. The zero-order valence-electron chi connectivity index (χ0n) is 40.5. The van der Waals surface area contributed by atoms with Gasteiger partial charge in [0.2, 0.25) is 17.6 Å². The Balaban J connectivity index is 0.907.